The Balaban J connectivity index is 3.19. The average Bonchev–Trinajstić information content (AvgIpc) is 2.36. The molecule has 0 aromatic heterocycles. The van der Waals surface area contributed by atoms with E-state index >= 15 is 0 Å². The zero-order valence-corrected chi connectivity index (χ0v) is 13.5. The molecule has 0 radical (unpaired) electrons. The summed E-state index contributed by atoms with van der Waals surface area (Å²) >= 11 is 0. The Bertz CT molecular complexity index is 619. The molecule has 0 saturated heterocycles. The fraction of sp³-hybridized carbons (Fsp3) is 0.462. The van der Waals surface area contributed by atoms with Crippen LogP contribution in [0.4, 0.5) is 4.39 Å². The smallest absolute Gasteiger partial charge is 0.261 e. The highest BCUT2D eigenvalue weighted by atomic mass is 35.7. The number of nitrogens with zero attached hydrogens (tertiary/aromatic N) is 1. The Kier molecular flexibility index (Phi) is 6.12. The zero-order valence-electron chi connectivity index (χ0n) is 12.0. The topological polar surface area (TPSA) is 63.7 Å². The van der Waals surface area contributed by atoms with Crippen LogP contribution < -0.4 is 0 Å². The number of amides is 1. The number of rotatable bonds is 6. The lowest BCUT2D eigenvalue weighted by molar-refractivity contribution is 0.0634. The molecule has 1 aromatic rings. The Hall–Kier alpha value is -1.18. The third-order valence-corrected chi connectivity index (χ3v) is 4.15. The highest BCUT2D eigenvalue weighted by Crippen LogP contribution is 2.20. The van der Waals surface area contributed by atoms with E-state index in [1.807, 2.05) is 0 Å². The van der Waals surface area contributed by atoms with Crippen LogP contribution in [-0.2, 0) is 13.8 Å². The Labute approximate surface area is 128 Å². The molecule has 0 spiro atoms. The SMILES string of the molecule is COCCN(C(=O)c1cc(F)cc(S(=O)(=O)Cl)c1)C(C)C. The van der Waals surface area contributed by atoms with E-state index in [0.29, 0.717) is 13.2 Å². The number of hydrogen-bond donors (Lipinski definition) is 0. The van der Waals surface area contributed by atoms with Crippen LogP contribution in [0.5, 0.6) is 0 Å². The van der Waals surface area contributed by atoms with Crippen LogP contribution in [0.2, 0.25) is 0 Å². The first-order chi connectivity index (χ1) is 9.66. The van der Waals surface area contributed by atoms with Gasteiger partial charge in [0.2, 0.25) is 0 Å². The molecule has 21 heavy (non-hydrogen) atoms. The molecule has 0 aliphatic carbocycles. The van der Waals surface area contributed by atoms with Gasteiger partial charge in [-0.1, -0.05) is 0 Å². The molecule has 0 aliphatic heterocycles. The molecule has 0 fully saturated rings. The van der Waals surface area contributed by atoms with Gasteiger partial charge in [0.05, 0.1) is 11.5 Å². The van der Waals surface area contributed by atoms with Crippen LogP contribution in [0, 0.1) is 5.82 Å². The summed E-state index contributed by atoms with van der Waals surface area (Å²) in [7, 11) is 2.59. The van der Waals surface area contributed by atoms with E-state index in [-0.39, 0.29) is 11.6 Å². The molecule has 1 rings (SSSR count). The second-order valence-corrected chi connectivity index (χ2v) is 7.26. The van der Waals surface area contributed by atoms with Gasteiger partial charge in [-0.25, -0.2) is 12.8 Å². The number of hydrogen-bond acceptors (Lipinski definition) is 4. The van der Waals surface area contributed by atoms with Crippen molar-refractivity contribution in [2.75, 3.05) is 20.3 Å². The van der Waals surface area contributed by atoms with Crippen LogP contribution in [0.1, 0.15) is 24.2 Å². The summed E-state index contributed by atoms with van der Waals surface area (Å²) in [5, 5.41) is 0. The number of carbonyl (C=O) groups excluding carboxylic acids is 1. The van der Waals surface area contributed by atoms with Gasteiger partial charge in [-0.05, 0) is 32.0 Å². The molecule has 8 heteroatoms. The van der Waals surface area contributed by atoms with Gasteiger partial charge in [0, 0.05) is 35.9 Å². The molecule has 0 unspecified atom stereocenters. The largest absolute Gasteiger partial charge is 0.383 e. The van der Waals surface area contributed by atoms with Gasteiger partial charge in [-0.2, -0.15) is 0 Å². The van der Waals surface area contributed by atoms with Gasteiger partial charge in [0.1, 0.15) is 5.82 Å². The first kappa shape index (κ1) is 17.9. The van der Waals surface area contributed by atoms with E-state index in [1.165, 1.54) is 12.0 Å². The van der Waals surface area contributed by atoms with Crippen molar-refractivity contribution in [3.05, 3.63) is 29.6 Å². The molecular weight excluding hydrogens is 321 g/mol. The predicted octanol–water partition coefficient (Wildman–Crippen LogP) is 2.25. The lowest BCUT2D eigenvalue weighted by Gasteiger charge is -2.26. The summed E-state index contributed by atoms with van der Waals surface area (Å²) in [5.74, 6) is -1.32. The fourth-order valence-corrected chi connectivity index (χ4v) is 2.57. The third-order valence-electron chi connectivity index (χ3n) is 2.82. The fourth-order valence-electron chi connectivity index (χ4n) is 1.78. The van der Waals surface area contributed by atoms with Crippen molar-refractivity contribution < 1.29 is 22.3 Å². The van der Waals surface area contributed by atoms with E-state index in [9.17, 15) is 17.6 Å². The normalized spacial score (nSPS) is 11.7. The molecule has 0 bridgehead atoms. The van der Waals surface area contributed by atoms with E-state index < -0.39 is 25.7 Å². The summed E-state index contributed by atoms with van der Waals surface area (Å²) < 4.78 is 41.0. The quantitative estimate of drug-likeness (QED) is 0.747. The van der Waals surface area contributed by atoms with Gasteiger partial charge in [0.25, 0.3) is 15.0 Å². The molecule has 0 saturated carbocycles. The van der Waals surface area contributed by atoms with Crippen LogP contribution in [0.25, 0.3) is 0 Å². The predicted molar refractivity (Wildman–Crippen MR) is 77.5 cm³/mol. The molecule has 0 N–H and O–H groups in total. The molecule has 5 nitrogen and oxygen atoms in total. The number of ether oxygens (including phenoxy) is 1. The van der Waals surface area contributed by atoms with Crippen LogP contribution in [-0.4, -0.2) is 45.5 Å². The monoisotopic (exact) mass is 337 g/mol. The maximum atomic E-state index is 13.5. The van der Waals surface area contributed by atoms with Gasteiger partial charge in [0.15, 0.2) is 0 Å². The number of methoxy groups -OCH3 is 1. The standard InChI is InChI=1S/C13H17ClFNO4S/c1-9(2)16(4-5-20-3)13(17)10-6-11(15)8-12(7-10)21(14,18)19/h6-9H,4-5H2,1-3H3. The molecular formula is C13H17ClFNO4S. The molecule has 1 aromatic carbocycles. The maximum absolute atomic E-state index is 13.5. The summed E-state index contributed by atoms with van der Waals surface area (Å²) in [6.07, 6.45) is 0. The van der Waals surface area contributed by atoms with Gasteiger partial charge < -0.3 is 9.64 Å². The summed E-state index contributed by atoms with van der Waals surface area (Å²) in [5.41, 5.74) is -0.0703. The van der Waals surface area contributed by atoms with E-state index in [1.54, 1.807) is 13.8 Å². The maximum Gasteiger partial charge on any atom is 0.261 e. The van der Waals surface area contributed by atoms with E-state index in [4.69, 9.17) is 15.4 Å². The highest BCUT2D eigenvalue weighted by molar-refractivity contribution is 8.13. The first-order valence-corrected chi connectivity index (χ1v) is 8.53. The third kappa shape index (κ3) is 4.94. The molecule has 0 heterocycles. The zero-order chi connectivity index (χ0) is 16.2. The average molecular weight is 338 g/mol. The molecule has 0 aliphatic rings. The second-order valence-electron chi connectivity index (χ2n) is 4.70. The minimum absolute atomic E-state index is 0.0703. The summed E-state index contributed by atoms with van der Waals surface area (Å²) in [6.45, 7) is 4.23. The van der Waals surface area contributed by atoms with Crippen molar-refractivity contribution in [2.45, 2.75) is 24.8 Å². The van der Waals surface area contributed by atoms with E-state index in [2.05, 4.69) is 0 Å². The van der Waals surface area contributed by atoms with E-state index in [0.717, 1.165) is 18.2 Å². The Morgan fingerprint density at radius 2 is 2.00 bits per heavy atom. The lowest BCUT2D eigenvalue weighted by Crippen LogP contribution is -2.39. The highest BCUT2D eigenvalue weighted by Gasteiger charge is 2.22. The van der Waals surface area contributed by atoms with Crippen molar-refractivity contribution in [3.8, 4) is 0 Å². The lowest BCUT2D eigenvalue weighted by atomic mass is 10.1. The van der Waals surface area contributed by atoms with Crippen molar-refractivity contribution in [2.24, 2.45) is 0 Å². The number of benzene rings is 1. The second kappa shape index (κ2) is 7.20. The molecule has 118 valence electrons. The van der Waals surface area contributed by atoms with Crippen molar-refractivity contribution in [1.29, 1.82) is 0 Å². The van der Waals surface area contributed by atoms with Crippen molar-refractivity contribution in [1.82, 2.24) is 4.90 Å². The minimum atomic E-state index is -4.11. The van der Waals surface area contributed by atoms with Crippen molar-refractivity contribution in [3.63, 3.8) is 0 Å². The Morgan fingerprint density at radius 1 is 1.38 bits per heavy atom. The van der Waals surface area contributed by atoms with Crippen LogP contribution in [0.3, 0.4) is 0 Å². The first-order valence-electron chi connectivity index (χ1n) is 6.22. The number of halogens is 2. The molecule has 1 amide bonds. The number of carbonyl (C=O) groups is 1. The van der Waals surface area contributed by atoms with Gasteiger partial charge >= 0.3 is 0 Å². The van der Waals surface area contributed by atoms with Gasteiger partial charge in [-0.3, -0.25) is 4.79 Å². The van der Waals surface area contributed by atoms with Crippen molar-refractivity contribution >= 4 is 25.6 Å². The summed E-state index contributed by atoms with van der Waals surface area (Å²) in [4.78, 5) is 13.4. The summed E-state index contributed by atoms with van der Waals surface area (Å²) in [6, 6.07) is 2.67. The Morgan fingerprint density at radius 3 is 2.48 bits per heavy atom. The minimum Gasteiger partial charge on any atom is -0.383 e. The van der Waals surface area contributed by atoms with Crippen LogP contribution >= 0.6 is 10.7 Å². The van der Waals surface area contributed by atoms with Crippen LogP contribution in [0.15, 0.2) is 23.1 Å². The molecule has 0 atom stereocenters. The van der Waals surface area contributed by atoms with Gasteiger partial charge in [-0.15, -0.1) is 0 Å².